The van der Waals surface area contributed by atoms with Crippen LogP contribution in [-0.2, 0) is 13.1 Å². The minimum Gasteiger partial charge on any atom is -0.497 e. The van der Waals surface area contributed by atoms with Crippen LogP contribution < -0.4 is 42.2 Å². The first-order valence-electron chi connectivity index (χ1n) is 35.8. The highest BCUT2D eigenvalue weighted by molar-refractivity contribution is 9.11. The third-order valence-corrected chi connectivity index (χ3v) is 19.6. The zero-order valence-corrected chi connectivity index (χ0v) is 69.5. The molecule has 10 heterocycles. The molecule has 26 nitrogen and oxygen atoms in total. The molecule has 10 aromatic rings. The number of unbranched alkanes of at least 4 members (excludes halogenated alkanes) is 4. The average Bonchev–Trinajstić information content (AvgIpc) is 1.02. The Hall–Kier alpha value is -7.00. The molecular weight excluding hydrogens is 1620 g/mol. The monoisotopic (exact) mass is 1720 g/mol. The molecule has 0 unspecified atom stereocenters. The van der Waals surface area contributed by atoms with Gasteiger partial charge in [0.25, 0.3) is 0 Å². The average molecular weight is 1720 g/mol. The smallest absolute Gasteiger partial charge is 0.225 e. The number of likely N-dealkylation sites (tertiary alicyclic amines) is 1. The molecule has 9 aromatic heterocycles. The maximum atomic E-state index is 10.0. The van der Waals surface area contributed by atoms with Gasteiger partial charge in [-0.1, -0.05) is 96.7 Å². The van der Waals surface area contributed by atoms with Gasteiger partial charge in [0.05, 0.1) is 85.0 Å². The van der Waals surface area contributed by atoms with Crippen LogP contribution in [0.3, 0.4) is 0 Å². The second kappa shape index (κ2) is 42.3. The number of halogens is 6. The molecule has 1 aromatic carbocycles. The Bertz CT molecular complexity index is 4480. The number of benzene rings is 1. The lowest BCUT2D eigenvalue weighted by molar-refractivity contribution is 0.198. The van der Waals surface area contributed by atoms with Crippen molar-refractivity contribution in [3.63, 3.8) is 0 Å². The molecule has 12 N–H and O–H groups in total. The van der Waals surface area contributed by atoms with Crippen molar-refractivity contribution < 1.29 is 29.9 Å². The number of nitrogens with one attached hydrogen (secondary N) is 4. The van der Waals surface area contributed by atoms with Gasteiger partial charge in [-0.3, -0.25) is 19.9 Å². The lowest BCUT2D eigenvalue weighted by atomic mass is 9.96. The largest absolute Gasteiger partial charge is 0.497 e. The van der Waals surface area contributed by atoms with Gasteiger partial charge in [0.2, 0.25) is 22.5 Å². The summed E-state index contributed by atoms with van der Waals surface area (Å²) < 4.78 is 13.2. The summed E-state index contributed by atoms with van der Waals surface area (Å²) in [6.07, 6.45) is 23.1. The Balaban J connectivity index is 0.000000199. The predicted molar refractivity (Wildman–Crippen MR) is 442 cm³/mol. The fourth-order valence-electron chi connectivity index (χ4n) is 11.2. The van der Waals surface area contributed by atoms with Gasteiger partial charge in [-0.25, -0.2) is 34.9 Å². The molecular formula is C75H100Br3Cl3N20O6. The second-order valence-corrected chi connectivity index (χ2v) is 31.2. The molecule has 0 saturated carbocycles. The highest BCUT2D eigenvalue weighted by atomic mass is 79.9. The molecule has 1 aliphatic heterocycles. The summed E-state index contributed by atoms with van der Waals surface area (Å²) >= 11 is 27.5. The number of hydrogen-bond donors (Lipinski definition) is 10. The number of rotatable bonds is 30. The molecule has 1 saturated heterocycles. The molecule has 107 heavy (non-hydrogen) atoms. The van der Waals surface area contributed by atoms with Crippen molar-refractivity contribution >= 4 is 156 Å². The number of fused-ring (bicyclic) bond motifs is 4. The number of pyridine rings is 5. The first-order chi connectivity index (χ1) is 51.2. The van der Waals surface area contributed by atoms with E-state index in [4.69, 9.17) is 60.9 Å². The summed E-state index contributed by atoms with van der Waals surface area (Å²) in [5.74, 6) is 3.75. The van der Waals surface area contributed by atoms with E-state index in [0.717, 1.165) is 138 Å². The number of nitrogen functional groups attached to an aromatic ring is 1. The number of anilines is 5. The second-order valence-electron chi connectivity index (χ2n) is 27.4. The topological polar surface area (TPSA) is 370 Å². The van der Waals surface area contributed by atoms with Gasteiger partial charge < -0.3 is 62.6 Å². The van der Waals surface area contributed by atoms with Gasteiger partial charge in [-0.2, -0.15) is 15.0 Å². The lowest BCUT2D eigenvalue weighted by Gasteiger charge is -2.29. The van der Waals surface area contributed by atoms with Crippen molar-refractivity contribution in [1.82, 2.24) is 69.7 Å². The summed E-state index contributed by atoms with van der Waals surface area (Å²) in [5, 5.41) is 52.3. The number of methoxy groups -OCH3 is 2. The van der Waals surface area contributed by atoms with Crippen molar-refractivity contribution in [2.24, 2.45) is 5.73 Å². The normalized spacial score (nSPS) is 14.3. The first-order valence-corrected chi connectivity index (χ1v) is 39.3. The van der Waals surface area contributed by atoms with E-state index in [-0.39, 0.29) is 53.6 Å². The van der Waals surface area contributed by atoms with Crippen LogP contribution in [0.15, 0.2) is 99.0 Å². The fraction of sp³-hybridized carbons (Fsp3) is 0.480. The van der Waals surface area contributed by atoms with E-state index < -0.39 is 16.6 Å². The summed E-state index contributed by atoms with van der Waals surface area (Å²) in [5.41, 5.74) is 18.9. The van der Waals surface area contributed by atoms with E-state index in [1.54, 1.807) is 38.9 Å². The molecule has 11 rings (SSSR count). The van der Waals surface area contributed by atoms with Crippen molar-refractivity contribution in [2.45, 2.75) is 181 Å². The van der Waals surface area contributed by atoms with E-state index in [2.05, 4.69) is 179 Å². The van der Waals surface area contributed by atoms with Crippen LogP contribution in [0.1, 0.15) is 157 Å². The highest BCUT2D eigenvalue weighted by Gasteiger charge is 2.28. The third kappa shape index (κ3) is 26.6. The van der Waals surface area contributed by atoms with Crippen LogP contribution in [0.2, 0.25) is 15.7 Å². The Morgan fingerprint density at radius 3 is 1.47 bits per heavy atom. The first kappa shape index (κ1) is 87.2. The van der Waals surface area contributed by atoms with E-state index in [0.29, 0.717) is 79.8 Å². The van der Waals surface area contributed by atoms with E-state index >= 15 is 0 Å². The van der Waals surface area contributed by atoms with Crippen LogP contribution in [0.25, 0.3) is 55.3 Å². The molecule has 578 valence electrons. The van der Waals surface area contributed by atoms with Crippen LogP contribution in [0.5, 0.6) is 11.5 Å². The Morgan fingerprint density at radius 1 is 0.505 bits per heavy atom. The minimum atomic E-state index is -0.511. The lowest BCUT2D eigenvalue weighted by Crippen LogP contribution is -2.39. The van der Waals surface area contributed by atoms with Gasteiger partial charge >= 0.3 is 0 Å². The summed E-state index contributed by atoms with van der Waals surface area (Å²) in [7, 11) is 3.25. The Labute approximate surface area is 666 Å². The number of nitrogens with zero attached hydrogens (tertiary/aromatic N) is 14. The van der Waals surface area contributed by atoms with E-state index in [9.17, 15) is 15.3 Å². The zero-order chi connectivity index (χ0) is 77.9. The van der Waals surface area contributed by atoms with Crippen molar-refractivity contribution in [2.75, 3.05) is 80.7 Å². The van der Waals surface area contributed by atoms with Crippen LogP contribution in [0.4, 0.5) is 29.4 Å². The maximum absolute atomic E-state index is 10.0. The SMILES string of the molecule is CCCC[C@@](C)(N)CO.CCCC[C@](C)(CO)Nc1nc(Cl)nc2cc(Br)cnc12.CCCC[C@](C)(CO)Nc1nc(N)nc2cc(-c3ccc(CN4CCCC4)nc3)cnc12.CCCC[C@](C)(CO)Nc1nc(NCc2ccc(OC)cc2OC)nc2cc(Br)cnc12.Clc1nc(Cl)c2ncc(Br)cc2n1. The number of nitrogens with two attached hydrogens (primary N) is 2. The van der Waals surface area contributed by atoms with Crippen molar-refractivity contribution in [3.8, 4) is 22.6 Å². The molecule has 0 aliphatic carbocycles. The molecule has 0 bridgehead atoms. The molecule has 0 spiro atoms. The highest BCUT2D eigenvalue weighted by Crippen LogP contribution is 2.33. The molecule has 4 atom stereocenters. The van der Waals surface area contributed by atoms with Crippen molar-refractivity contribution in [1.29, 1.82) is 0 Å². The number of aliphatic hydroxyl groups is 4. The Morgan fingerprint density at radius 2 is 0.972 bits per heavy atom. The number of aliphatic hydroxyl groups excluding tert-OH is 4. The summed E-state index contributed by atoms with van der Waals surface area (Å²) in [6.45, 7) is 20.1. The zero-order valence-electron chi connectivity index (χ0n) is 62.4. The molecule has 0 amide bonds. The van der Waals surface area contributed by atoms with Gasteiger partial charge in [0.1, 0.15) is 33.6 Å². The Kier molecular flexibility index (Phi) is 34.4. The molecule has 32 heteroatoms. The van der Waals surface area contributed by atoms with Crippen LogP contribution in [-0.4, -0.2) is 166 Å². The van der Waals surface area contributed by atoms with E-state index in [1.807, 2.05) is 76.5 Å². The number of hydrogen-bond acceptors (Lipinski definition) is 26. The van der Waals surface area contributed by atoms with Gasteiger partial charge in [0.15, 0.2) is 22.6 Å². The minimum absolute atomic E-state index is 0.00659. The summed E-state index contributed by atoms with van der Waals surface area (Å²) in [4.78, 5) is 58.9. The molecule has 1 fully saturated rings. The van der Waals surface area contributed by atoms with E-state index in [1.165, 1.54) is 12.8 Å². The standard InChI is InChI=1S/C24H33N7O.C23H30BrN5O3.C14H18BrClN4O.C7H2BrCl2N3.C7H17NO/c1-3-4-9-24(2,16-32)30-22-21-20(28-23(25)29-22)12-18(14-27-21)17-7-8-19(26-13-17)15-31-10-5-6-11-31;1-5-6-9-23(2,14-30)29-21-20-18(10-16(24)13-25-20)27-22(28-21)26-12-15-7-8-17(31-3)11-19(15)32-4;1-3-4-5-14(2,8-21)20-12-11-10(18-13(16)19-12)6-9(15)7-17-11;8-3-1-4-5(11-2-3)6(9)13-7(10)12-4;1-3-4-5-7(2,8)6-9/h7-8,12-14,32H,3-6,9-11,15-16H2,1-2H3,(H3,25,28,29,30);7-8,10-11,13,30H,5-6,9,12,14H2,1-4H3,(H2,26,27,28,29);6-7,21H,3-5,8H2,1-2H3,(H,18,19,20);1-2H;9H,3-6,8H2,1-2H3/t24-;23-;14-;;7-/m111.1/s1. The number of ether oxygens (including phenoxy) is 2. The number of aromatic nitrogens is 13. The summed E-state index contributed by atoms with van der Waals surface area (Å²) in [6, 6.07) is 17.3. The van der Waals surface area contributed by atoms with Crippen molar-refractivity contribution in [3.05, 3.63) is 126 Å². The molecule has 0 radical (unpaired) electrons. The van der Waals surface area contributed by atoms with Crippen LogP contribution in [0, 0.1) is 0 Å². The third-order valence-electron chi connectivity index (χ3n) is 17.7. The van der Waals surface area contributed by atoms with Crippen LogP contribution >= 0.6 is 82.6 Å². The van der Waals surface area contributed by atoms with Gasteiger partial charge in [-0.05, 0) is 193 Å². The van der Waals surface area contributed by atoms with Gasteiger partial charge in [-0.15, -0.1) is 0 Å². The molecule has 1 aliphatic rings. The van der Waals surface area contributed by atoms with Gasteiger partial charge in [0, 0.05) is 85.8 Å². The predicted octanol–water partition coefficient (Wildman–Crippen LogP) is 16.2. The fourth-order valence-corrected chi connectivity index (χ4v) is 12.8. The maximum Gasteiger partial charge on any atom is 0.225 e. The quantitative estimate of drug-likeness (QED) is 0.0148.